The second kappa shape index (κ2) is 4.26. The van der Waals surface area contributed by atoms with Gasteiger partial charge in [0.1, 0.15) is 5.71 Å². The highest BCUT2D eigenvalue weighted by molar-refractivity contribution is 6.35. The number of hydrogen-bond donors (Lipinski definition) is 3. The van der Waals surface area contributed by atoms with Gasteiger partial charge in [-0.3, -0.25) is 0 Å². The predicted molar refractivity (Wildman–Crippen MR) is 38.1 cm³/mol. The Balaban J connectivity index is 4.13. The highest BCUT2D eigenvalue weighted by Gasteiger charge is 2.05. The summed E-state index contributed by atoms with van der Waals surface area (Å²) in [4.78, 5) is 20.3. The highest BCUT2D eigenvalue weighted by atomic mass is 16.4. The lowest BCUT2D eigenvalue weighted by atomic mass is 10.3. The van der Waals surface area contributed by atoms with Crippen molar-refractivity contribution in [2.24, 2.45) is 10.8 Å². The summed E-state index contributed by atoms with van der Waals surface area (Å²) in [6.07, 6.45) is 0.232. The maximum Gasteiger partial charge on any atom is 0.352 e. The number of nitrogens with two attached hydrogens (primary N) is 1. The van der Waals surface area contributed by atoms with Crippen LogP contribution in [0.3, 0.4) is 0 Å². The summed E-state index contributed by atoms with van der Waals surface area (Å²) in [7, 11) is 0. The van der Waals surface area contributed by atoms with Gasteiger partial charge in [0.25, 0.3) is 0 Å². The van der Waals surface area contributed by atoms with Gasteiger partial charge in [-0.15, -0.1) is 0 Å². The molecule has 0 aromatic carbocycles. The van der Waals surface area contributed by atoms with Crippen LogP contribution in [0.15, 0.2) is 5.10 Å². The number of hydrazone groups is 1. The summed E-state index contributed by atoms with van der Waals surface area (Å²) in [5, 5.41) is 11.6. The van der Waals surface area contributed by atoms with E-state index in [1.807, 2.05) is 5.43 Å². The molecule has 0 fully saturated rings. The van der Waals surface area contributed by atoms with E-state index in [4.69, 9.17) is 5.11 Å². The van der Waals surface area contributed by atoms with Gasteiger partial charge in [0.15, 0.2) is 0 Å². The van der Waals surface area contributed by atoms with E-state index in [2.05, 4.69) is 10.8 Å². The standard InChI is InChI=1S/C5H9N3O3/c1-2-3(4(9)10)7-8-5(6)11/h2H2,1H3,(H,9,10)(H3,6,8,11)/b7-3-. The first-order valence-corrected chi connectivity index (χ1v) is 2.93. The summed E-state index contributed by atoms with van der Waals surface area (Å²) in [5.41, 5.74) is 6.33. The lowest BCUT2D eigenvalue weighted by Gasteiger charge is -1.95. The molecule has 0 saturated carbocycles. The first-order chi connectivity index (χ1) is 5.07. The Kier molecular flexibility index (Phi) is 3.65. The molecule has 6 nitrogen and oxygen atoms in total. The van der Waals surface area contributed by atoms with Crippen LogP contribution in [-0.2, 0) is 4.79 Å². The molecule has 4 N–H and O–H groups in total. The van der Waals surface area contributed by atoms with Crippen LogP contribution in [0.2, 0.25) is 0 Å². The number of amides is 2. The number of rotatable bonds is 3. The average molecular weight is 159 g/mol. The number of carboxylic acids is 1. The van der Waals surface area contributed by atoms with E-state index in [-0.39, 0.29) is 12.1 Å². The minimum Gasteiger partial charge on any atom is -0.477 e. The summed E-state index contributed by atoms with van der Waals surface area (Å²) in [6.45, 7) is 1.61. The number of nitrogens with one attached hydrogen (secondary N) is 1. The third-order valence-corrected chi connectivity index (χ3v) is 0.883. The van der Waals surface area contributed by atoms with E-state index in [9.17, 15) is 9.59 Å². The monoisotopic (exact) mass is 159 g/mol. The average Bonchev–Trinajstić information content (AvgIpc) is 1.87. The molecule has 6 heteroatoms. The van der Waals surface area contributed by atoms with Crippen molar-refractivity contribution >= 4 is 17.7 Å². The van der Waals surface area contributed by atoms with Gasteiger partial charge in [0, 0.05) is 0 Å². The Morgan fingerprint density at radius 1 is 1.64 bits per heavy atom. The van der Waals surface area contributed by atoms with Gasteiger partial charge in [-0.1, -0.05) is 6.92 Å². The molecule has 0 bridgehead atoms. The van der Waals surface area contributed by atoms with Crippen molar-refractivity contribution in [3.63, 3.8) is 0 Å². The van der Waals surface area contributed by atoms with Crippen LogP contribution in [0.5, 0.6) is 0 Å². The van der Waals surface area contributed by atoms with Crippen molar-refractivity contribution in [3.8, 4) is 0 Å². The lowest BCUT2D eigenvalue weighted by molar-refractivity contribution is -0.129. The SMILES string of the molecule is CC/C(=N/NC(N)=O)C(=O)O. The molecule has 62 valence electrons. The molecule has 0 aliphatic rings. The van der Waals surface area contributed by atoms with Crippen LogP contribution in [0, 0.1) is 0 Å². The van der Waals surface area contributed by atoms with E-state index in [1.54, 1.807) is 6.92 Å². The molecule has 0 aromatic heterocycles. The summed E-state index contributed by atoms with van der Waals surface area (Å²) in [5.74, 6) is -1.17. The van der Waals surface area contributed by atoms with Crippen LogP contribution in [0.1, 0.15) is 13.3 Å². The highest BCUT2D eigenvalue weighted by Crippen LogP contribution is 1.83. The fourth-order valence-corrected chi connectivity index (χ4v) is 0.401. The van der Waals surface area contributed by atoms with Gasteiger partial charge in [0.05, 0.1) is 0 Å². The molecular formula is C5H9N3O3. The van der Waals surface area contributed by atoms with Crippen LogP contribution in [-0.4, -0.2) is 22.8 Å². The normalized spacial score (nSPS) is 10.8. The molecular weight excluding hydrogens is 150 g/mol. The summed E-state index contributed by atoms with van der Waals surface area (Å²) < 4.78 is 0. The zero-order chi connectivity index (χ0) is 8.85. The summed E-state index contributed by atoms with van der Waals surface area (Å²) >= 11 is 0. The fraction of sp³-hybridized carbons (Fsp3) is 0.400. The third-order valence-electron chi connectivity index (χ3n) is 0.883. The van der Waals surface area contributed by atoms with Gasteiger partial charge in [-0.25, -0.2) is 15.0 Å². The number of carbonyl (C=O) groups excluding carboxylic acids is 1. The Bertz CT molecular complexity index is 199. The molecule has 0 heterocycles. The molecule has 0 rings (SSSR count). The van der Waals surface area contributed by atoms with Crippen molar-refractivity contribution in [1.82, 2.24) is 5.43 Å². The van der Waals surface area contributed by atoms with Crippen molar-refractivity contribution in [1.29, 1.82) is 0 Å². The zero-order valence-electron chi connectivity index (χ0n) is 6.00. The van der Waals surface area contributed by atoms with Gasteiger partial charge < -0.3 is 10.8 Å². The van der Waals surface area contributed by atoms with Gasteiger partial charge in [0.2, 0.25) is 0 Å². The number of aliphatic carboxylic acids is 1. The lowest BCUT2D eigenvalue weighted by Crippen LogP contribution is -2.27. The van der Waals surface area contributed by atoms with Crippen LogP contribution in [0.25, 0.3) is 0 Å². The second-order valence-electron chi connectivity index (χ2n) is 1.69. The fourth-order valence-electron chi connectivity index (χ4n) is 0.401. The topological polar surface area (TPSA) is 105 Å². The largest absolute Gasteiger partial charge is 0.477 e. The number of urea groups is 1. The molecule has 0 radical (unpaired) electrons. The Hall–Kier alpha value is -1.59. The first-order valence-electron chi connectivity index (χ1n) is 2.93. The van der Waals surface area contributed by atoms with Crippen molar-refractivity contribution < 1.29 is 14.7 Å². The third kappa shape index (κ3) is 3.90. The molecule has 0 aliphatic carbocycles. The van der Waals surface area contributed by atoms with Gasteiger partial charge in [-0.2, -0.15) is 5.10 Å². The Labute approximate surface area is 63.1 Å². The van der Waals surface area contributed by atoms with Crippen LogP contribution >= 0.6 is 0 Å². The van der Waals surface area contributed by atoms with E-state index in [1.165, 1.54) is 0 Å². The minimum absolute atomic E-state index is 0.135. The molecule has 0 unspecified atom stereocenters. The summed E-state index contributed by atoms with van der Waals surface area (Å²) in [6, 6.07) is -0.878. The first kappa shape index (κ1) is 9.41. The second-order valence-corrected chi connectivity index (χ2v) is 1.69. The van der Waals surface area contributed by atoms with Crippen molar-refractivity contribution in [2.75, 3.05) is 0 Å². The number of nitrogens with zero attached hydrogens (tertiary/aromatic N) is 1. The number of hydrogen-bond acceptors (Lipinski definition) is 3. The quantitative estimate of drug-likeness (QED) is 0.382. The number of carbonyl (C=O) groups is 2. The maximum atomic E-state index is 10.2. The zero-order valence-corrected chi connectivity index (χ0v) is 6.00. The van der Waals surface area contributed by atoms with Crippen LogP contribution < -0.4 is 11.2 Å². The number of carboxylic acid groups (broad SMARTS) is 1. The molecule has 11 heavy (non-hydrogen) atoms. The van der Waals surface area contributed by atoms with E-state index >= 15 is 0 Å². The predicted octanol–water partition coefficient (Wildman–Crippen LogP) is -0.495. The van der Waals surface area contributed by atoms with Gasteiger partial charge in [-0.05, 0) is 6.42 Å². The molecule has 0 atom stereocenters. The maximum absolute atomic E-state index is 10.2. The van der Waals surface area contributed by atoms with Crippen molar-refractivity contribution in [2.45, 2.75) is 13.3 Å². The van der Waals surface area contributed by atoms with E-state index < -0.39 is 12.0 Å². The smallest absolute Gasteiger partial charge is 0.352 e. The molecule has 0 spiro atoms. The molecule has 0 aromatic rings. The Morgan fingerprint density at radius 2 is 2.18 bits per heavy atom. The molecule has 0 aliphatic heterocycles. The van der Waals surface area contributed by atoms with Crippen LogP contribution in [0.4, 0.5) is 4.79 Å². The van der Waals surface area contributed by atoms with Crippen molar-refractivity contribution in [3.05, 3.63) is 0 Å². The van der Waals surface area contributed by atoms with E-state index in [0.29, 0.717) is 0 Å². The molecule has 2 amide bonds. The van der Waals surface area contributed by atoms with E-state index in [0.717, 1.165) is 0 Å². The molecule has 0 saturated heterocycles. The minimum atomic E-state index is -1.17. The van der Waals surface area contributed by atoms with Gasteiger partial charge >= 0.3 is 12.0 Å². The Morgan fingerprint density at radius 3 is 2.45 bits per heavy atom. The number of primary amides is 1.